The number of hydrogen-bond acceptors (Lipinski definition) is 7. The maximum Gasteiger partial charge on any atom is 0.420 e. The van der Waals surface area contributed by atoms with Crippen LogP contribution < -0.4 is 11.1 Å². The number of rotatable bonds is 6. The van der Waals surface area contributed by atoms with Crippen LogP contribution in [0.15, 0.2) is 65.4 Å². The summed E-state index contributed by atoms with van der Waals surface area (Å²) in [6.07, 6.45) is 0.956. The van der Waals surface area contributed by atoms with Crippen LogP contribution >= 0.6 is 0 Å². The predicted octanol–water partition coefficient (Wildman–Crippen LogP) is 4.29. The molecule has 0 radical (unpaired) electrons. The average Bonchev–Trinajstić information content (AvgIpc) is 3.38. The molecule has 1 fully saturated rings. The number of halogens is 3. The van der Waals surface area contributed by atoms with Crippen molar-refractivity contribution < 1.29 is 31.9 Å². The number of pyridine rings is 2. The Morgan fingerprint density at radius 3 is 2.52 bits per heavy atom. The zero-order chi connectivity index (χ0) is 28.3. The second-order valence-corrected chi connectivity index (χ2v) is 9.06. The number of nitrogens with one attached hydrogen (secondary N) is 1. The molecule has 5 rings (SSSR count). The molecule has 0 atom stereocenters. The molecule has 4 aromatic rings. The molecule has 206 valence electrons. The first-order chi connectivity index (χ1) is 19.2. The van der Waals surface area contributed by atoms with Gasteiger partial charge in [0.15, 0.2) is 0 Å². The van der Waals surface area contributed by atoms with E-state index >= 15 is 0 Å². The Morgan fingerprint density at radius 2 is 1.85 bits per heavy atom. The lowest BCUT2D eigenvalue weighted by Crippen LogP contribution is -2.40. The van der Waals surface area contributed by atoms with Crippen LogP contribution in [-0.4, -0.2) is 53.0 Å². The molecule has 0 bridgehead atoms. The quantitative estimate of drug-likeness (QED) is 0.343. The lowest BCUT2D eigenvalue weighted by atomic mass is 10.0. The van der Waals surface area contributed by atoms with Crippen molar-refractivity contribution in [2.75, 3.05) is 32.0 Å². The number of furan rings is 1. The van der Waals surface area contributed by atoms with Gasteiger partial charge >= 0.3 is 6.18 Å². The number of carbonyl (C=O) groups excluding carboxylic acids is 2. The fourth-order valence-electron chi connectivity index (χ4n) is 4.21. The van der Waals surface area contributed by atoms with Gasteiger partial charge in [0.25, 0.3) is 5.91 Å². The molecular weight excluding hydrogens is 527 g/mol. The van der Waals surface area contributed by atoms with Gasteiger partial charge < -0.3 is 25.1 Å². The molecule has 9 nitrogen and oxygen atoms in total. The van der Waals surface area contributed by atoms with Gasteiger partial charge in [0, 0.05) is 42.5 Å². The second kappa shape index (κ2) is 11.2. The van der Waals surface area contributed by atoms with Crippen molar-refractivity contribution in [2.24, 2.45) is 0 Å². The molecule has 12 heteroatoms. The van der Waals surface area contributed by atoms with E-state index in [2.05, 4.69) is 15.3 Å². The minimum Gasteiger partial charge on any atom is -0.459 e. The fourth-order valence-corrected chi connectivity index (χ4v) is 4.21. The summed E-state index contributed by atoms with van der Waals surface area (Å²) in [6, 6.07) is 10.3. The van der Waals surface area contributed by atoms with E-state index in [1.807, 2.05) is 0 Å². The van der Waals surface area contributed by atoms with Crippen LogP contribution in [0.3, 0.4) is 0 Å². The Kier molecular flexibility index (Phi) is 7.52. The molecule has 1 saturated heterocycles. The van der Waals surface area contributed by atoms with Crippen LogP contribution in [0.4, 0.5) is 19.0 Å². The summed E-state index contributed by atoms with van der Waals surface area (Å²) in [7, 11) is 0. The number of carbonyl (C=O) groups is 2. The highest BCUT2D eigenvalue weighted by molar-refractivity contribution is 5.94. The number of hydrogen-bond donors (Lipinski definition) is 2. The molecule has 3 aromatic heterocycles. The molecule has 1 aromatic carbocycles. The van der Waals surface area contributed by atoms with E-state index in [9.17, 15) is 22.8 Å². The molecule has 0 aliphatic carbocycles. The summed E-state index contributed by atoms with van der Waals surface area (Å²) in [5, 5.41) is 2.79. The largest absolute Gasteiger partial charge is 0.459 e. The van der Waals surface area contributed by atoms with E-state index in [-0.39, 0.29) is 40.4 Å². The highest BCUT2D eigenvalue weighted by atomic mass is 19.4. The lowest BCUT2D eigenvalue weighted by molar-refractivity contribution is -0.136. The van der Waals surface area contributed by atoms with Crippen molar-refractivity contribution >= 4 is 34.7 Å². The van der Waals surface area contributed by atoms with Crippen LogP contribution in [0, 0.1) is 0 Å². The number of fused-ring (bicyclic) bond motifs is 1. The molecule has 3 N–H and O–H groups in total. The first-order valence-electron chi connectivity index (χ1n) is 12.3. The number of amides is 2. The lowest BCUT2D eigenvalue weighted by Gasteiger charge is -2.26. The minimum absolute atomic E-state index is 0.124. The summed E-state index contributed by atoms with van der Waals surface area (Å²) < 4.78 is 52.7. The monoisotopic (exact) mass is 551 g/mol. The highest BCUT2D eigenvalue weighted by Crippen LogP contribution is 2.39. The number of anilines is 1. The van der Waals surface area contributed by atoms with Gasteiger partial charge in [0.2, 0.25) is 5.91 Å². The number of alkyl halides is 3. The SMILES string of the molecule is Nc1ccc(/C=C/C(=O)NCc2cc3cc(-c4ccc(C(=O)N5CCOCC5)cn4)cc(C(F)(F)F)c3o2)cn1. The first-order valence-corrected chi connectivity index (χ1v) is 12.3. The standard InChI is InChI=1S/C28H24F3N5O4/c29-28(30,31)22-13-19(23-4-3-18(15-33-23)27(38)36-7-9-39-10-8-36)11-20-12-21(40-26(20)22)16-35-25(37)6-2-17-1-5-24(32)34-14-17/h1-6,11-15H,7-10,16H2,(H2,32,34)(H,35,37)/b6-2+. The van der Waals surface area contributed by atoms with Crippen molar-refractivity contribution in [3.05, 3.63) is 83.4 Å². The van der Waals surface area contributed by atoms with E-state index in [0.29, 0.717) is 43.2 Å². The van der Waals surface area contributed by atoms with Crippen LogP contribution in [-0.2, 0) is 22.3 Å². The Balaban J connectivity index is 1.35. The predicted molar refractivity (Wildman–Crippen MR) is 141 cm³/mol. The summed E-state index contributed by atoms with van der Waals surface area (Å²) in [5.74, 6) is -0.187. The summed E-state index contributed by atoms with van der Waals surface area (Å²) in [4.78, 5) is 34.7. The van der Waals surface area contributed by atoms with Gasteiger partial charge in [-0.15, -0.1) is 0 Å². The fraction of sp³-hybridized carbons (Fsp3) is 0.214. The van der Waals surface area contributed by atoms with Crippen molar-refractivity contribution in [1.82, 2.24) is 20.2 Å². The molecule has 0 saturated carbocycles. The normalized spacial score (nSPS) is 14.1. The number of aromatic nitrogens is 2. The molecule has 2 amide bonds. The summed E-state index contributed by atoms with van der Waals surface area (Å²) in [5.41, 5.74) is 5.69. The molecule has 0 unspecified atom stereocenters. The van der Waals surface area contributed by atoms with E-state index in [0.717, 1.165) is 6.07 Å². The Hall–Kier alpha value is -4.71. The third-order valence-electron chi connectivity index (χ3n) is 6.25. The van der Waals surface area contributed by atoms with E-state index in [1.165, 1.54) is 42.7 Å². The van der Waals surface area contributed by atoms with E-state index < -0.39 is 17.6 Å². The molecule has 1 aliphatic heterocycles. The topological polar surface area (TPSA) is 124 Å². The number of morpholine rings is 1. The number of benzene rings is 1. The number of nitrogen functional groups attached to an aromatic ring is 1. The van der Waals surface area contributed by atoms with Crippen LogP contribution in [0.1, 0.15) is 27.2 Å². The Bertz CT molecular complexity index is 1560. The smallest absolute Gasteiger partial charge is 0.420 e. The molecular formula is C28H24F3N5O4. The third kappa shape index (κ3) is 6.12. The number of nitrogens with two attached hydrogens (primary N) is 1. The summed E-state index contributed by atoms with van der Waals surface area (Å²) in [6.45, 7) is 1.70. The van der Waals surface area contributed by atoms with Crippen molar-refractivity contribution in [3.8, 4) is 11.3 Å². The molecule has 0 spiro atoms. The van der Waals surface area contributed by atoms with Gasteiger partial charge in [-0.25, -0.2) is 4.98 Å². The second-order valence-electron chi connectivity index (χ2n) is 9.06. The maximum atomic E-state index is 14.0. The van der Waals surface area contributed by atoms with Crippen molar-refractivity contribution in [3.63, 3.8) is 0 Å². The van der Waals surface area contributed by atoms with E-state index in [4.69, 9.17) is 14.9 Å². The molecule has 4 heterocycles. The van der Waals surface area contributed by atoms with Gasteiger partial charge in [-0.1, -0.05) is 0 Å². The van der Waals surface area contributed by atoms with Crippen LogP contribution in [0.2, 0.25) is 0 Å². The van der Waals surface area contributed by atoms with Gasteiger partial charge in [-0.3, -0.25) is 14.6 Å². The zero-order valence-corrected chi connectivity index (χ0v) is 21.1. The zero-order valence-electron chi connectivity index (χ0n) is 21.1. The van der Waals surface area contributed by atoms with Gasteiger partial charge in [-0.05, 0) is 54.1 Å². The molecule has 1 aliphatic rings. The Morgan fingerprint density at radius 1 is 1.05 bits per heavy atom. The summed E-state index contributed by atoms with van der Waals surface area (Å²) >= 11 is 0. The van der Waals surface area contributed by atoms with Crippen LogP contribution in [0.25, 0.3) is 28.3 Å². The highest BCUT2D eigenvalue weighted by Gasteiger charge is 2.35. The van der Waals surface area contributed by atoms with Crippen molar-refractivity contribution in [2.45, 2.75) is 12.7 Å². The van der Waals surface area contributed by atoms with Crippen LogP contribution in [0.5, 0.6) is 0 Å². The minimum atomic E-state index is -4.70. The maximum absolute atomic E-state index is 14.0. The number of ether oxygens (including phenoxy) is 1. The average molecular weight is 552 g/mol. The third-order valence-corrected chi connectivity index (χ3v) is 6.25. The van der Waals surface area contributed by atoms with E-state index in [1.54, 1.807) is 23.1 Å². The van der Waals surface area contributed by atoms with Crippen molar-refractivity contribution in [1.29, 1.82) is 0 Å². The number of nitrogens with zero attached hydrogens (tertiary/aromatic N) is 3. The van der Waals surface area contributed by atoms with Gasteiger partial charge in [0.1, 0.15) is 17.2 Å². The van der Waals surface area contributed by atoms with Gasteiger partial charge in [0.05, 0.1) is 36.6 Å². The van der Waals surface area contributed by atoms with Gasteiger partial charge in [-0.2, -0.15) is 13.2 Å². The first kappa shape index (κ1) is 26.9. The Labute approximate surface area is 226 Å². The molecule has 40 heavy (non-hydrogen) atoms.